The minimum atomic E-state index is -0.394. The first-order valence-corrected chi connectivity index (χ1v) is 6.29. The van der Waals surface area contributed by atoms with E-state index < -0.39 is 6.04 Å². The number of methoxy groups -OCH3 is 1. The Morgan fingerprint density at radius 2 is 2.11 bits per heavy atom. The van der Waals surface area contributed by atoms with Gasteiger partial charge in [0.1, 0.15) is 6.04 Å². The van der Waals surface area contributed by atoms with Crippen molar-refractivity contribution in [3.63, 3.8) is 0 Å². The summed E-state index contributed by atoms with van der Waals surface area (Å²) in [7, 11) is 1.50. The molecule has 0 aliphatic heterocycles. The summed E-state index contributed by atoms with van der Waals surface area (Å²) in [5.74, 6) is 0.229. The number of phenols is 1. The second kappa shape index (κ2) is 6.99. The van der Waals surface area contributed by atoms with Crippen LogP contribution in [0.1, 0.15) is 32.4 Å². The molecular formula is C14H21NO4. The minimum absolute atomic E-state index is 0.0612. The first kappa shape index (κ1) is 15.3. The number of hydrogen-bond acceptors (Lipinski definition) is 5. The third kappa shape index (κ3) is 4.13. The average molecular weight is 267 g/mol. The summed E-state index contributed by atoms with van der Waals surface area (Å²) in [5, 5.41) is 12.7. The molecule has 2 atom stereocenters. The zero-order chi connectivity index (χ0) is 14.4. The van der Waals surface area contributed by atoms with Crippen LogP contribution in [0.2, 0.25) is 0 Å². The first-order valence-electron chi connectivity index (χ1n) is 6.29. The fraction of sp³-hybridized carbons (Fsp3) is 0.500. The van der Waals surface area contributed by atoms with Gasteiger partial charge in [-0.15, -0.1) is 0 Å². The van der Waals surface area contributed by atoms with Gasteiger partial charge in [-0.25, -0.2) is 0 Å². The van der Waals surface area contributed by atoms with Crippen LogP contribution in [0.5, 0.6) is 11.5 Å². The Morgan fingerprint density at radius 1 is 1.42 bits per heavy atom. The number of carbonyl (C=O) groups is 1. The molecule has 0 amide bonds. The lowest BCUT2D eigenvalue weighted by molar-refractivity contribution is -0.145. The molecule has 5 nitrogen and oxygen atoms in total. The summed E-state index contributed by atoms with van der Waals surface area (Å²) < 4.78 is 10.00. The van der Waals surface area contributed by atoms with Crippen molar-refractivity contribution in [2.75, 3.05) is 13.7 Å². The average Bonchev–Trinajstić information content (AvgIpc) is 2.39. The number of rotatable bonds is 6. The molecule has 0 saturated carbocycles. The van der Waals surface area contributed by atoms with Crippen molar-refractivity contribution < 1.29 is 19.4 Å². The van der Waals surface area contributed by atoms with Crippen LogP contribution in [0.15, 0.2) is 18.2 Å². The monoisotopic (exact) mass is 267 g/mol. The van der Waals surface area contributed by atoms with E-state index in [0.29, 0.717) is 12.4 Å². The quantitative estimate of drug-likeness (QED) is 0.772. The Balaban J connectivity index is 2.72. The Kier molecular flexibility index (Phi) is 5.63. The Morgan fingerprint density at radius 3 is 2.68 bits per heavy atom. The molecule has 0 aliphatic carbocycles. The zero-order valence-corrected chi connectivity index (χ0v) is 11.8. The SMILES string of the molecule is CCOC(=O)C(C)NC(C)c1ccc(O)c(OC)c1. The molecule has 0 fully saturated rings. The van der Waals surface area contributed by atoms with E-state index in [-0.39, 0.29) is 17.8 Å². The lowest BCUT2D eigenvalue weighted by Gasteiger charge is -2.19. The van der Waals surface area contributed by atoms with Crippen molar-refractivity contribution in [3.05, 3.63) is 23.8 Å². The molecule has 2 unspecified atom stereocenters. The minimum Gasteiger partial charge on any atom is -0.504 e. The highest BCUT2D eigenvalue weighted by atomic mass is 16.5. The molecule has 0 radical (unpaired) electrons. The van der Waals surface area contributed by atoms with E-state index in [1.54, 1.807) is 32.0 Å². The van der Waals surface area contributed by atoms with Crippen molar-refractivity contribution in [1.82, 2.24) is 5.32 Å². The van der Waals surface area contributed by atoms with Crippen molar-refractivity contribution in [2.45, 2.75) is 32.9 Å². The highest BCUT2D eigenvalue weighted by Gasteiger charge is 2.17. The Bertz CT molecular complexity index is 433. The summed E-state index contributed by atoms with van der Waals surface area (Å²) in [4.78, 5) is 11.5. The number of benzene rings is 1. The Labute approximate surface area is 113 Å². The molecule has 0 heterocycles. The van der Waals surface area contributed by atoms with Gasteiger partial charge >= 0.3 is 5.97 Å². The van der Waals surface area contributed by atoms with Crippen LogP contribution < -0.4 is 10.1 Å². The van der Waals surface area contributed by atoms with Gasteiger partial charge in [0.2, 0.25) is 0 Å². The molecular weight excluding hydrogens is 246 g/mol. The predicted octanol–water partition coefficient (Wildman–Crippen LogP) is 2.00. The normalized spacial score (nSPS) is 13.7. The number of esters is 1. The van der Waals surface area contributed by atoms with E-state index in [4.69, 9.17) is 9.47 Å². The molecule has 0 bridgehead atoms. The third-order valence-electron chi connectivity index (χ3n) is 2.84. The highest BCUT2D eigenvalue weighted by molar-refractivity contribution is 5.75. The zero-order valence-electron chi connectivity index (χ0n) is 11.8. The van der Waals surface area contributed by atoms with Crippen LogP contribution in [-0.4, -0.2) is 30.8 Å². The van der Waals surface area contributed by atoms with Gasteiger partial charge in [0.15, 0.2) is 11.5 Å². The molecule has 2 N–H and O–H groups in total. The number of ether oxygens (including phenoxy) is 2. The van der Waals surface area contributed by atoms with Gasteiger partial charge in [-0.05, 0) is 38.5 Å². The van der Waals surface area contributed by atoms with Gasteiger partial charge in [-0.1, -0.05) is 6.07 Å². The van der Waals surface area contributed by atoms with E-state index in [2.05, 4.69) is 5.32 Å². The summed E-state index contributed by atoms with van der Waals surface area (Å²) in [5.41, 5.74) is 0.922. The number of hydrogen-bond donors (Lipinski definition) is 2. The van der Waals surface area contributed by atoms with E-state index in [1.807, 2.05) is 6.92 Å². The maximum atomic E-state index is 11.5. The molecule has 5 heteroatoms. The lowest BCUT2D eigenvalue weighted by Crippen LogP contribution is -2.37. The molecule has 0 aliphatic rings. The molecule has 0 spiro atoms. The van der Waals surface area contributed by atoms with Crippen LogP contribution in [0.3, 0.4) is 0 Å². The van der Waals surface area contributed by atoms with Gasteiger partial charge in [-0.2, -0.15) is 0 Å². The predicted molar refractivity (Wildman–Crippen MR) is 72.3 cm³/mol. The standard InChI is InChI=1S/C14H21NO4/c1-5-19-14(17)10(3)15-9(2)11-6-7-12(16)13(8-11)18-4/h6-10,15-16H,5H2,1-4H3. The van der Waals surface area contributed by atoms with Crippen molar-refractivity contribution in [2.24, 2.45) is 0 Å². The largest absolute Gasteiger partial charge is 0.504 e. The van der Waals surface area contributed by atoms with Crippen LogP contribution in [0.25, 0.3) is 0 Å². The van der Waals surface area contributed by atoms with Crippen LogP contribution in [0.4, 0.5) is 0 Å². The van der Waals surface area contributed by atoms with Crippen molar-refractivity contribution in [3.8, 4) is 11.5 Å². The second-order valence-corrected chi connectivity index (χ2v) is 4.29. The van der Waals surface area contributed by atoms with E-state index in [1.165, 1.54) is 7.11 Å². The number of carbonyl (C=O) groups excluding carboxylic acids is 1. The summed E-state index contributed by atoms with van der Waals surface area (Å²) in [6.45, 7) is 5.83. The van der Waals surface area contributed by atoms with Gasteiger partial charge in [0, 0.05) is 6.04 Å². The number of aromatic hydroxyl groups is 1. The maximum Gasteiger partial charge on any atom is 0.322 e. The van der Waals surface area contributed by atoms with E-state index in [0.717, 1.165) is 5.56 Å². The lowest BCUT2D eigenvalue weighted by atomic mass is 10.1. The van der Waals surface area contributed by atoms with Crippen LogP contribution in [0, 0.1) is 0 Å². The molecule has 1 rings (SSSR count). The maximum absolute atomic E-state index is 11.5. The van der Waals surface area contributed by atoms with E-state index >= 15 is 0 Å². The fourth-order valence-electron chi connectivity index (χ4n) is 1.77. The second-order valence-electron chi connectivity index (χ2n) is 4.29. The van der Waals surface area contributed by atoms with Crippen molar-refractivity contribution in [1.29, 1.82) is 0 Å². The summed E-state index contributed by atoms with van der Waals surface area (Å²) >= 11 is 0. The van der Waals surface area contributed by atoms with Gasteiger partial charge in [0.25, 0.3) is 0 Å². The fourth-order valence-corrected chi connectivity index (χ4v) is 1.77. The topological polar surface area (TPSA) is 67.8 Å². The molecule has 106 valence electrons. The van der Waals surface area contributed by atoms with Gasteiger partial charge in [0.05, 0.1) is 13.7 Å². The summed E-state index contributed by atoms with van der Waals surface area (Å²) in [6, 6.07) is 4.64. The van der Waals surface area contributed by atoms with Crippen molar-refractivity contribution >= 4 is 5.97 Å². The van der Waals surface area contributed by atoms with Gasteiger partial charge in [-0.3, -0.25) is 10.1 Å². The van der Waals surface area contributed by atoms with Crippen LogP contribution >= 0.6 is 0 Å². The molecule has 19 heavy (non-hydrogen) atoms. The van der Waals surface area contributed by atoms with Gasteiger partial charge < -0.3 is 14.6 Å². The van der Waals surface area contributed by atoms with Crippen LogP contribution in [-0.2, 0) is 9.53 Å². The smallest absolute Gasteiger partial charge is 0.322 e. The first-order chi connectivity index (χ1) is 8.99. The highest BCUT2D eigenvalue weighted by Crippen LogP contribution is 2.28. The summed E-state index contributed by atoms with van der Waals surface area (Å²) in [6.07, 6.45) is 0. The molecule has 0 saturated heterocycles. The molecule has 1 aromatic rings. The number of phenolic OH excluding ortho intramolecular Hbond substituents is 1. The van der Waals surface area contributed by atoms with E-state index in [9.17, 15) is 9.90 Å². The third-order valence-corrected chi connectivity index (χ3v) is 2.84. The molecule has 1 aromatic carbocycles. The number of nitrogens with one attached hydrogen (secondary N) is 1. The Hall–Kier alpha value is -1.75. The molecule has 0 aromatic heterocycles.